The fourth-order valence-electron chi connectivity index (χ4n) is 2.09. The number of hydrogen-bond acceptors (Lipinski definition) is 3. The third-order valence-electron chi connectivity index (χ3n) is 2.99. The highest BCUT2D eigenvalue weighted by Gasteiger charge is 2.15. The molecule has 2 aromatic rings. The molecule has 3 nitrogen and oxygen atoms in total. The van der Waals surface area contributed by atoms with Crippen molar-refractivity contribution in [2.24, 2.45) is 0 Å². The van der Waals surface area contributed by atoms with Crippen molar-refractivity contribution in [3.05, 3.63) is 53.1 Å². The van der Waals surface area contributed by atoms with Crippen LogP contribution in [0.1, 0.15) is 16.7 Å². The van der Waals surface area contributed by atoms with Crippen LogP contribution in [-0.4, -0.2) is 17.2 Å². The smallest absolute Gasteiger partial charge is 0.457 e. The van der Waals surface area contributed by atoms with E-state index in [4.69, 9.17) is 4.74 Å². The number of aryl methyl sites for hydroxylation is 3. The maximum atomic E-state index is 9.20. The fourth-order valence-corrected chi connectivity index (χ4v) is 2.09. The Labute approximate surface area is 113 Å². The molecule has 4 heteroatoms. The highest BCUT2D eigenvalue weighted by molar-refractivity contribution is 6.58. The van der Waals surface area contributed by atoms with Gasteiger partial charge in [-0.25, -0.2) is 0 Å². The van der Waals surface area contributed by atoms with Gasteiger partial charge in [-0.1, -0.05) is 24.3 Å². The fraction of sp³-hybridized carbons (Fsp3) is 0.200. The molecule has 2 N–H and O–H groups in total. The molecule has 2 aromatic carbocycles. The van der Waals surface area contributed by atoms with Crippen LogP contribution in [-0.2, 0) is 0 Å². The lowest BCUT2D eigenvalue weighted by Gasteiger charge is -2.14. The van der Waals surface area contributed by atoms with Gasteiger partial charge in [0.1, 0.15) is 11.5 Å². The van der Waals surface area contributed by atoms with E-state index in [-0.39, 0.29) is 0 Å². The van der Waals surface area contributed by atoms with Gasteiger partial charge >= 0.3 is 7.12 Å². The number of ether oxygens (including phenoxy) is 1. The normalized spacial score (nSPS) is 10.4. The first-order valence-electron chi connectivity index (χ1n) is 6.19. The van der Waals surface area contributed by atoms with Gasteiger partial charge in [-0.2, -0.15) is 0 Å². The van der Waals surface area contributed by atoms with E-state index in [1.807, 2.05) is 45.0 Å². The van der Waals surface area contributed by atoms with Crippen LogP contribution in [0.5, 0.6) is 11.5 Å². The van der Waals surface area contributed by atoms with E-state index in [0.29, 0.717) is 5.46 Å². The molecule has 0 saturated carbocycles. The average molecular weight is 256 g/mol. The Bertz CT molecular complexity index is 571. The van der Waals surface area contributed by atoms with Gasteiger partial charge in [0.25, 0.3) is 0 Å². The van der Waals surface area contributed by atoms with Crippen molar-refractivity contribution in [2.45, 2.75) is 20.8 Å². The Hall–Kier alpha value is -1.78. The van der Waals surface area contributed by atoms with Gasteiger partial charge in [-0.05, 0) is 55.1 Å². The van der Waals surface area contributed by atoms with Crippen LogP contribution in [0.4, 0.5) is 0 Å². The van der Waals surface area contributed by atoms with Crippen LogP contribution in [0.15, 0.2) is 36.4 Å². The summed E-state index contributed by atoms with van der Waals surface area (Å²) in [4.78, 5) is 0. The number of hydrogen-bond donors (Lipinski definition) is 2. The Kier molecular flexibility index (Phi) is 3.93. The Morgan fingerprint density at radius 1 is 0.947 bits per heavy atom. The summed E-state index contributed by atoms with van der Waals surface area (Å²) in [6, 6.07) is 11.3. The van der Waals surface area contributed by atoms with Crippen LogP contribution in [0.25, 0.3) is 0 Å². The third kappa shape index (κ3) is 3.16. The maximum absolute atomic E-state index is 9.20. The van der Waals surface area contributed by atoms with E-state index in [1.54, 1.807) is 12.1 Å². The van der Waals surface area contributed by atoms with Crippen molar-refractivity contribution in [2.75, 3.05) is 0 Å². The number of rotatable bonds is 3. The van der Waals surface area contributed by atoms with Crippen molar-refractivity contribution in [3.63, 3.8) is 0 Å². The molecule has 0 fully saturated rings. The molecule has 98 valence electrons. The molecule has 0 aliphatic carbocycles. The standard InChI is InChI=1S/C15H17BO3/c1-10-5-4-6-14(7-10)19-15-11(2)8-13(16(17)18)9-12(15)3/h4-9,17-18H,1-3H3. The minimum Gasteiger partial charge on any atom is -0.457 e. The van der Waals surface area contributed by atoms with Crippen LogP contribution in [0.2, 0.25) is 0 Å². The summed E-state index contributed by atoms with van der Waals surface area (Å²) < 4.78 is 5.89. The van der Waals surface area contributed by atoms with E-state index in [9.17, 15) is 10.0 Å². The zero-order valence-electron chi connectivity index (χ0n) is 11.3. The molecule has 0 amide bonds. The lowest BCUT2D eigenvalue weighted by Crippen LogP contribution is -2.30. The minimum absolute atomic E-state index is 0.478. The van der Waals surface area contributed by atoms with Gasteiger partial charge in [0.15, 0.2) is 0 Å². The zero-order chi connectivity index (χ0) is 14.0. The van der Waals surface area contributed by atoms with Gasteiger partial charge < -0.3 is 14.8 Å². The van der Waals surface area contributed by atoms with E-state index in [2.05, 4.69) is 0 Å². The minimum atomic E-state index is -1.45. The molecule has 0 atom stereocenters. The lowest BCUT2D eigenvalue weighted by molar-refractivity contribution is 0.425. The van der Waals surface area contributed by atoms with Crippen molar-refractivity contribution >= 4 is 12.6 Å². The van der Waals surface area contributed by atoms with Crippen LogP contribution >= 0.6 is 0 Å². The molecule has 0 saturated heterocycles. The molecular weight excluding hydrogens is 239 g/mol. The van der Waals surface area contributed by atoms with Crippen LogP contribution < -0.4 is 10.2 Å². The quantitative estimate of drug-likeness (QED) is 0.826. The SMILES string of the molecule is Cc1cccc(Oc2c(C)cc(B(O)O)cc2C)c1. The van der Waals surface area contributed by atoms with Crippen molar-refractivity contribution in [1.82, 2.24) is 0 Å². The predicted octanol–water partition coefficient (Wildman–Crippen LogP) is 2.08. The molecule has 0 aliphatic heterocycles. The largest absolute Gasteiger partial charge is 0.488 e. The molecule has 0 spiro atoms. The van der Waals surface area contributed by atoms with E-state index < -0.39 is 7.12 Å². The Morgan fingerprint density at radius 2 is 1.58 bits per heavy atom. The first kappa shape index (κ1) is 13.7. The van der Waals surface area contributed by atoms with E-state index >= 15 is 0 Å². The van der Waals surface area contributed by atoms with Gasteiger partial charge in [0.05, 0.1) is 0 Å². The van der Waals surface area contributed by atoms with E-state index in [1.165, 1.54) is 0 Å². The summed E-state index contributed by atoms with van der Waals surface area (Å²) >= 11 is 0. The van der Waals surface area contributed by atoms with Gasteiger partial charge in [0, 0.05) is 0 Å². The summed E-state index contributed by atoms with van der Waals surface area (Å²) in [5, 5.41) is 18.4. The topological polar surface area (TPSA) is 49.7 Å². The Balaban J connectivity index is 2.35. The van der Waals surface area contributed by atoms with E-state index in [0.717, 1.165) is 28.2 Å². The monoisotopic (exact) mass is 256 g/mol. The summed E-state index contributed by atoms with van der Waals surface area (Å²) in [6.07, 6.45) is 0. The Morgan fingerprint density at radius 3 is 2.11 bits per heavy atom. The second-order valence-corrected chi connectivity index (χ2v) is 4.78. The molecule has 0 aliphatic rings. The average Bonchev–Trinajstić information content (AvgIpc) is 2.33. The zero-order valence-corrected chi connectivity index (χ0v) is 11.3. The molecular formula is C15H17BO3. The molecule has 0 radical (unpaired) electrons. The summed E-state index contributed by atoms with van der Waals surface area (Å²) in [5.74, 6) is 1.54. The lowest BCUT2D eigenvalue weighted by atomic mass is 9.78. The number of benzene rings is 2. The van der Waals surface area contributed by atoms with Crippen LogP contribution in [0, 0.1) is 20.8 Å². The molecule has 0 aromatic heterocycles. The second kappa shape index (κ2) is 5.47. The van der Waals surface area contributed by atoms with Crippen molar-refractivity contribution in [3.8, 4) is 11.5 Å². The summed E-state index contributed by atoms with van der Waals surface area (Å²) in [5.41, 5.74) is 3.37. The van der Waals surface area contributed by atoms with Gasteiger partial charge in [0.2, 0.25) is 0 Å². The van der Waals surface area contributed by atoms with Gasteiger partial charge in [-0.15, -0.1) is 0 Å². The highest BCUT2D eigenvalue weighted by atomic mass is 16.5. The molecule has 0 unspecified atom stereocenters. The third-order valence-corrected chi connectivity index (χ3v) is 2.99. The molecule has 2 rings (SSSR count). The predicted molar refractivity (Wildman–Crippen MR) is 77.0 cm³/mol. The van der Waals surface area contributed by atoms with Crippen LogP contribution in [0.3, 0.4) is 0 Å². The summed E-state index contributed by atoms with van der Waals surface area (Å²) in [7, 11) is -1.45. The molecule has 0 heterocycles. The molecule has 0 bridgehead atoms. The summed E-state index contributed by atoms with van der Waals surface area (Å²) in [6.45, 7) is 5.80. The maximum Gasteiger partial charge on any atom is 0.488 e. The van der Waals surface area contributed by atoms with Gasteiger partial charge in [-0.3, -0.25) is 0 Å². The molecule has 19 heavy (non-hydrogen) atoms. The van der Waals surface area contributed by atoms with Crippen molar-refractivity contribution in [1.29, 1.82) is 0 Å². The first-order chi connectivity index (χ1) is 8.97. The highest BCUT2D eigenvalue weighted by Crippen LogP contribution is 2.28. The first-order valence-corrected chi connectivity index (χ1v) is 6.19. The second-order valence-electron chi connectivity index (χ2n) is 4.78. The van der Waals surface area contributed by atoms with Crippen molar-refractivity contribution < 1.29 is 14.8 Å².